The highest BCUT2D eigenvalue weighted by Crippen LogP contribution is 2.39. The lowest BCUT2D eigenvalue weighted by atomic mass is 9.85. The van der Waals surface area contributed by atoms with Crippen molar-refractivity contribution in [3.63, 3.8) is 0 Å². The van der Waals surface area contributed by atoms with Crippen LogP contribution in [0.2, 0.25) is 0 Å². The number of para-hydroxylation sites is 1. The first-order valence-corrected chi connectivity index (χ1v) is 6.33. The summed E-state index contributed by atoms with van der Waals surface area (Å²) in [4.78, 5) is 12.5. The zero-order chi connectivity index (χ0) is 13.2. The van der Waals surface area contributed by atoms with Gasteiger partial charge in [-0.1, -0.05) is 37.2 Å². The van der Waals surface area contributed by atoms with Gasteiger partial charge in [0.2, 0.25) is 5.91 Å². The Morgan fingerprint density at radius 3 is 2.50 bits per heavy atom. The van der Waals surface area contributed by atoms with Crippen molar-refractivity contribution in [3.05, 3.63) is 30.1 Å². The second-order valence-electron chi connectivity index (χ2n) is 4.59. The van der Waals surface area contributed by atoms with Gasteiger partial charge >= 0.3 is 0 Å². The van der Waals surface area contributed by atoms with E-state index < -0.39 is 11.2 Å². The van der Waals surface area contributed by atoms with Crippen LogP contribution in [0.15, 0.2) is 24.3 Å². The summed E-state index contributed by atoms with van der Waals surface area (Å²) in [5.74, 6) is -0.750. The fraction of sp³-hybridized carbons (Fsp3) is 0.385. The van der Waals surface area contributed by atoms with Crippen molar-refractivity contribution in [1.82, 2.24) is 0 Å². The van der Waals surface area contributed by atoms with E-state index in [1.807, 2.05) is 0 Å². The molecule has 1 aliphatic carbocycles. The minimum atomic E-state index is -0.808. The van der Waals surface area contributed by atoms with Crippen LogP contribution in [0, 0.1) is 11.2 Å². The first-order valence-electron chi connectivity index (χ1n) is 5.92. The van der Waals surface area contributed by atoms with Gasteiger partial charge in [-0.3, -0.25) is 4.79 Å². The highest BCUT2D eigenvalue weighted by molar-refractivity contribution is 7.80. The van der Waals surface area contributed by atoms with Crippen LogP contribution in [0.4, 0.5) is 10.1 Å². The summed E-state index contributed by atoms with van der Waals surface area (Å²) in [5.41, 5.74) is 5.07. The number of halogens is 1. The van der Waals surface area contributed by atoms with Gasteiger partial charge < -0.3 is 11.1 Å². The molecule has 1 aromatic carbocycles. The Hall–Kier alpha value is -1.49. The van der Waals surface area contributed by atoms with Gasteiger partial charge in [-0.05, 0) is 25.0 Å². The van der Waals surface area contributed by atoms with Crippen molar-refractivity contribution in [2.24, 2.45) is 11.1 Å². The van der Waals surface area contributed by atoms with E-state index in [-0.39, 0.29) is 16.6 Å². The topological polar surface area (TPSA) is 55.1 Å². The van der Waals surface area contributed by atoms with Crippen molar-refractivity contribution in [3.8, 4) is 0 Å². The van der Waals surface area contributed by atoms with E-state index in [0.29, 0.717) is 12.8 Å². The standard InChI is InChI=1S/C13H15FN2OS/c14-9-5-1-2-6-10(9)16-12(17)13(11(15)18)7-3-4-8-13/h1-2,5-6H,3-4,7-8H2,(H2,15,18)(H,16,17). The molecule has 5 heteroatoms. The fourth-order valence-electron chi connectivity index (χ4n) is 2.37. The molecule has 0 saturated heterocycles. The first kappa shape index (κ1) is 13.0. The molecule has 0 aromatic heterocycles. The van der Waals surface area contributed by atoms with Crippen LogP contribution in [0.25, 0.3) is 0 Å². The maximum Gasteiger partial charge on any atom is 0.237 e. The predicted octanol–water partition coefficient (Wildman–Crippen LogP) is 2.61. The Kier molecular flexibility index (Phi) is 3.61. The SMILES string of the molecule is NC(=S)C1(C(=O)Nc2ccccc2F)CCCC1. The van der Waals surface area contributed by atoms with E-state index in [1.54, 1.807) is 12.1 Å². The highest BCUT2D eigenvalue weighted by Gasteiger charge is 2.44. The zero-order valence-corrected chi connectivity index (χ0v) is 10.7. The second-order valence-corrected chi connectivity index (χ2v) is 5.03. The summed E-state index contributed by atoms with van der Waals surface area (Å²) in [6.07, 6.45) is 3.12. The first-order chi connectivity index (χ1) is 8.56. The molecule has 96 valence electrons. The average Bonchev–Trinajstić information content (AvgIpc) is 2.82. The molecule has 0 bridgehead atoms. The van der Waals surface area contributed by atoms with Gasteiger partial charge in [-0.15, -0.1) is 0 Å². The number of carbonyl (C=O) groups excluding carboxylic acids is 1. The van der Waals surface area contributed by atoms with E-state index >= 15 is 0 Å². The van der Waals surface area contributed by atoms with Gasteiger partial charge in [0.05, 0.1) is 16.1 Å². The van der Waals surface area contributed by atoms with Crippen LogP contribution in [-0.4, -0.2) is 10.9 Å². The van der Waals surface area contributed by atoms with Crippen LogP contribution in [-0.2, 0) is 4.79 Å². The predicted molar refractivity (Wildman–Crippen MR) is 72.7 cm³/mol. The number of thiocarbonyl (C=S) groups is 1. The summed E-state index contributed by atoms with van der Waals surface area (Å²) < 4.78 is 13.5. The molecule has 0 aliphatic heterocycles. The van der Waals surface area contributed by atoms with Gasteiger partial charge in [0.1, 0.15) is 5.82 Å². The Balaban J connectivity index is 2.21. The number of nitrogens with two attached hydrogens (primary N) is 1. The molecule has 18 heavy (non-hydrogen) atoms. The van der Waals surface area contributed by atoms with Crippen LogP contribution in [0.3, 0.4) is 0 Å². The Morgan fingerprint density at radius 2 is 1.94 bits per heavy atom. The third-order valence-electron chi connectivity index (χ3n) is 3.49. The fourth-order valence-corrected chi connectivity index (χ4v) is 2.67. The number of hydrogen-bond donors (Lipinski definition) is 2. The molecule has 1 saturated carbocycles. The Morgan fingerprint density at radius 1 is 1.33 bits per heavy atom. The second kappa shape index (κ2) is 5.02. The molecule has 1 aliphatic rings. The molecule has 3 N–H and O–H groups in total. The van der Waals surface area contributed by atoms with Gasteiger partial charge in [0.15, 0.2) is 0 Å². The monoisotopic (exact) mass is 266 g/mol. The normalized spacial score (nSPS) is 17.4. The number of amides is 1. The zero-order valence-electron chi connectivity index (χ0n) is 9.91. The summed E-state index contributed by atoms with van der Waals surface area (Å²) in [7, 11) is 0. The lowest BCUT2D eigenvalue weighted by Gasteiger charge is -2.26. The minimum Gasteiger partial charge on any atom is -0.392 e. The lowest BCUT2D eigenvalue weighted by molar-refractivity contribution is -0.122. The highest BCUT2D eigenvalue weighted by atomic mass is 32.1. The quantitative estimate of drug-likeness (QED) is 0.827. The van der Waals surface area contributed by atoms with Gasteiger partial charge in [0.25, 0.3) is 0 Å². The molecule has 1 aromatic rings. The van der Waals surface area contributed by atoms with Crippen LogP contribution in [0.1, 0.15) is 25.7 Å². The molecular formula is C13H15FN2OS. The van der Waals surface area contributed by atoms with Crippen LogP contribution in [0.5, 0.6) is 0 Å². The van der Waals surface area contributed by atoms with Crippen molar-refractivity contribution < 1.29 is 9.18 Å². The molecule has 3 nitrogen and oxygen atoms in total. The van der Waals surface area contributed by atoms with E-state index in [9.17, 15) is 9.18 Å². The number of rotatable bonds is 3. The molecular weight excluding hydrogens is 251 g/mol. The molecule has 0 heterocycles. The number of nitrogens with one attached hydrogen (secondary N) is 1. The van der Waals surface area contributed by atoms with Crippen LogP contribution < -0.4 is 11.1 Å². The van der Waals surface area contributed by atoms with Gasteiger partial charge in [-0.25, -0.2) is 4.39 Å². The lowest BCUT2D eigenvalue weighted by Crippen LogP contribution is -2.44. The van der Waals surface area contributed by atoms with Crippen molar-refractivity contribution in [1.29, 1.82) is 0 Å². The van der Waals surface area contributed by atoms with Crippen molar-refractivity contribution in [2.75, 3.05) is 5.32 Å². The molecule has 0 unspecified atom stereocenters. The molecule has 2 rings (SSSR count). The van der Waals surface area contributed by atoms with Crippen LogP contribution >= 0.6 is 12.2 Å². The summed E-state index contributed by atoms with van der Waals surface area (Å²) in [5, 5.41) is 2.59. The number of carbonyl (C=O) groups is 1. The third kappa shape index (κ3) is 2.22. The van der Waals surface area contributed by atoms with Gasteiger partial charge in [-0.2, -0.15) is 0 Å². The van der Waals surface area contributed by atoms with Gasteiger partial charge in [0, 0.05) is 0 Å². The molecule has 1 fully saturated rings. The summed E-state index contributed by atoms with van der Waals surface area (Å²) >= 11 is 5.02. The van der Waals surface area contributed by atoms with E-state index in [0.717, 1.165) is 12.8 Å². The minimum absolute atomic E-state index is 0.171. The Bertz CT molecular complexity index is 484. The summed E-state index contributed by atoms with van der Waals surface area (Å²) in [6, 6.07) is 6.07. The molecule has 0 radical (unpaired) electrons. The summed E-state index contributed by atoms with van der Waals surface area (Å²) in [6.45, 7) is 0. The van der Waals surface area contributed by atoms with Crippen molar-refractivity contribution >= 4 is 28.8 Å². The van der Waals surface area contributed by atoms with Crippen molar-refractivity contribution in [2.45, 2.75) is 25.7 Å². The average molecular weight is 266 g/mol. The van der Waals surface area contributed by atoms with E-state index in [4.69, 9.17) is 18.0 Å². The number of anilines is 1. The maximum atomic E-state index is 13.5. The molecule has 1 amide bonds. The number of benzene rings is 1. The van der Waals surface area contributed by atoms with E-state index in [1.165, 1.54) is 12.1 Å². The Labute approximate surface area is 111 Å². The number of hydrogen-bond acceptors (Lipinski definition) is 2. The molecule has 0 atom stereocenters. The van der Waals surface area contributed by atoms with E-state index in [2.05, 4.69) is 5.32 Å². The maximum absolute atomic E-state index is 13.5. The third-order valence-corrected chi connectivity index (χ3v) is 3.88. The molecule has 0 spiro atoms. The smallest absolute Gasteiger partial charge is 0.237 e. The largest absolute Gasteiger partial charge is 0.392 e.